The highest BCUT2D eigenvalue weighted by Gasteiger charge is 2.29. The molecule has 0 N–H and O–H groups in total. The minimum absolute atomic E-state index is 0.0757. The lowest BCUT2D eigenvalue weighted by Crippen LogP contribution is -2.39. The van der Waals surface area contributed by atoms with Crippen LogP contribution in [0.2, 0.25) is 0 Å². The Morgan fingerprint density at radius 3 is 2.51 bits per heavy atom. The quantitative estimate of drug-likeness (QED) is 0.522. The summed E-state index contributed by atoms with van der Waals surface area (Å²) in [6, 6.07) is 12.2. The van der Waals surface area contributed by atoms with E-state index in [4.69, 9.17) is 14.7 Å². The van der Waals surface area contributed by atoms with Crippen molar-refractivity contribution >= 4 is 11.9 Å². The summed E-state index contributed by atoms with van der Waals surface area (Å²) in [5.74, 6) is 0.738. The number of halogens is 2. The zero-order valence-electron chi connectivity index (χ0n) is 19.7. The largest absolute Gasteiger partial charge is 0.435 e. The van der Waals surface area contributed by atoms with Crippen LogP contribution < -0.4 is 9.64 Å². The van der Waals surface area contributed by atoms with E-state index in [1.165, 1.54) is 18.2 Å². The van der Waals surface area contributed by atoms with Gasteiger partial charge in [-0.15, -0.1) is 0 Å². The van der Waals surface area contributed by atoms with Gasteiger partial charge in [0.2, 0.25) is 17.7 Å². The van der Waals surface area contributed by atoms with E-state index in [1.54, 1.807) is 35.2 Å². The summed E-state index contributed by atoms with van der Waals surface area (Å²) in [6.07, 6.45) is 2.85. The third-order valence-electron chi connectivity index (χ3n) is 6.74. The Balaban J connectivity index is 1.43. The number of nitrogens with zero attached hydrogens (tertiary/aromatic N) is 4. The van der Waals surface area contributed by atoms with Crippen LogP contribution in [0.1, 0.15) is 36.6 Å². The van der Waals surface area contributed by atoms with E-state index in [1.807, 2.05) is 0 Å². The molecule has 8 heteroatoms. The molecule has 1 fully saturated rings. The number of anilines is 1. The third kappa shape index (κ3) is 5.26. The van der Waals surface area contributed by atoms with Crippen LogP contribution in [0.15, 0.2) is 48.5 Å². The van der Waals surface area contributed by atoms with Gasteiger partial charge in [-0.2, -0.15) is 4.98 Å². The number of fused-ring (bicyclic) bond motifs is 1. The Kier molecular flexibility index (Phi) is 6.61. The monoisotopic (exact) mass is 478 g/mol. The molecule has 2 aromatic carbocycles. The lowest BCUT2D eigenvalue weighted by Gasteiger charge is -2.33. The molecule has 0 atom stereocenters. The fourth-order valence-corrected chi connectivity index (χ4v) is 4.54. The number of piperidine rings is 1. The molecule has 1 saturated heterocycles. The summed E-state index contributed by atoms with van der Waals surface area (Å²) in [5, 5.41) is 0. The molecule has 3 heterocycles. The van der Waals surface area contributed by atoms with Gasteiger partial charge >= 0.3 is 0 Å². The highest BCUT2D eigenvalue weighted by Crippen LogP contribution is 2.33. The number of ether oxygens (including phenoxy) is 1. The Labute approximate surface area is 203 Å². The van der Waals surface area contributed by atoms with Crippen LogP contribution in [0.25, 0.3) is 0 Å². The van der Waals surface area contributed by atoms with Gasteiger partial charge in [-0.25, -0.2) is 13.8 Å². The fraction of sp³-hybridized carbons (Fsp3) is 0.370. The highest BCUT2D eigenvalue weighted by molar-refractivity contribution is 5.79. The van der Waals surface area contributed by atoms with Gasteiger partial charge in [-0.3, -0.25) is 4.79 Å². The third-order valence-corrected chi connectivity index (χ3v) is 6.74. The molecule has 0 spiro atoms. The van der Waals surface area contributed by atoms with Crippen molar-refractivity contribution in [3.8, 4) is 11.6 Å². The first-order valence-electron chi connectivity index (χ1n) is 12.1. The average Bonchev–Trinajstić information content (AvgIpc) is 2.87. The Hall–Kier alpha value is -3.55. The lowest BCUT2D eigenvalue weighted by atomic mass is 9.99. The zero-order chi connectivity index (χ0) is 24.4. The minimum atomic E-state index is -0.478. The average molecular weight is 479 g/mol. The molecule has 3 aromatic rings. The summed E-state index contributed by atoms with van der Waals surface area (Å²) in [4.78, 5) is 26.4. The van der Waals surface area contributed by atoms with Crippen molar-refractivity contribution in [3.63, 3.8) is 0 Å². The van der Waals surface area contributed by atoms with Crippen LogP contribution >= 0.6 is 0 Å². The molecular formula is C27H28F2N4O2. The molecule has 0 unspecified atom stereocenters. The first kappa shape index (κ1) is 23.2. The number of hydrogen-bond acceptors (Lipinski definition) is 5. The van der Waals surface area contributed by atoms with Gasteiger partial charge in [0, 0.05) is 26.1 Å². The lowest BCUT2D eigenvalue weighted by molar-refractivity contribution is -0.131. The fourth-order valence-electron chi connectivity index (χ4n) is 4.54. The second-order valence-electron chi connectivity index (χ2n) is 9.32. The van der Waals surface area contributed by atoms with Gasteiger partial charge in [-0.05, 0) is 48.6 Å². The van der Waals surface area contributed by atoms with Crippen LogP contribution in [0.4, 0.5) is 14.7 Å². The minimum Gasteiger partial charge on any atom is -0.435 e. The smallest absolute Gasteiger partial charge is 0.229 e. The molecule has 1 amide bonds. The number of benzene rings is 2. The van der Waals surface area contributed by atoms with Crippen LogP contribution in [0, 0.1) is 17.6 Å². The Morgan fingerprint density at radius 1 is 1.03 bits per heavy atom. The molecule has 6 nitrogen and oxygen atoms in total. The normalized spacial score (nSPS) is 16.2. The van der Waals surface area contributed by atoms with Gasteiger partial charge in [0.15, 0.2) is 11.6 Å². The van der Waals surface area contributed by atoms with E-state index in [9.17, 15) is 13.6 Å². The molecule has 0 bridgehead atoms. The molecule has 2 aliphatic rings. The summed E-state index contributed by atoms with van der Waals surface area (Å²) < 4.78 is 33.6. The van der Waals surface area contributed by atoms with E-state index in [0.29, 0.717) is 30.4 Å². The van der Waals surface area contributed by atoms with E-state index < -0.39 is 5.82 Å². The van der Waals surface area contributed by atoms with E-state index >= 15 is 0 Å². The van der Waals surface area contributed by atoms with E-state index in [2.05, 4.69) is 11.8 Å². The number of amides is 1. The van der Waals surface area contributed by atoms with Crippen LogP contribution in [0.5, 0.6) is 11.6 Å². The number of carbonyl (C=O) groups excluding carboxylic acids is 1. The molecule has 182 valence electrons. The zero-order valence-corrected chi connectivity index (χ0v) is 19.7. The summed E-state index contributed by atoms with van der Waals surface area (Å²) in [7, 11) is 0. The molecule has 35 heavy (non-hydrogen) atoms. The molecule has 1 aromatic heterocycles. The summed E-state index contributed by atoms with van der Waals surface area (Å²) in [6.45, 7) is 4.76. The molecule has 0 aliphatic carbocycles. The maximum Gasteiger partial charge on any atom is 0.229 e. The predicted octanol–water partition coefficient (Wildman–Crippen LogP) is 4.91. The van der Waals surface area contributed by atoms with Gasteiger partial charge in [-0.1, -0.05) is 31.2 Å². The number of rotatable bonds is 5. The van der Waals surface area contributed by atoms with Crippen LogP contribution in [-0.4, -0.2) is 40.4 Å². The van der Waals surface area contributed by atoms with Crippen molar-refractivity contribution < 1.29 is 18.3 Å². The van der Waals surface area contributed by atoms with Gasteiger partial charge in [0.05, 0.1) is 24.2 Å². The number of aromatic nitrogens is 2. The van der Waals surface area contributed by atoms with Crippen molar-refractivity contribution in [2.75, 3.05) is 24.5 Å². The summed E-state index contributed by atoms with van der Waals surface area (Å²) >= 11 is 0. The SMILES string of the molecule is CC1CCN(c2nc3c(c(Oc4ccccc4F)n2)CN(C(=O)Cc2ccc(F)cc2)CC3)CC1. The second-order valence-corrected chi connectivity index (χ2v) is 9.32. The van der Waals surface area contributed by atoms with Crippen molar-refractivity contribution in [1.29, 1.82) is 0 Å². The maximum absolute atomic E-state index is 14.4. The van der Waals surface area contributed by atoms with Crippen molar-refractivity contribution in [2.45, 2.75) is 39.2 Å². The molecule has 2 aliphatic heterocycles. The first-order chi connectivity index (χ1) is 17.0. The maximum atomic E-state index is 14.4. The van der Waals surface area contributed by atoms with Crippen LogP contribution in [-0.2, 0) is 24.2 Å². The van der Waals surface area contributed by atoms with Gasteiger partial charge in [0.1, 0.15) is 5.82 Å². The Bertz CT molecular complexity index is 1210. The molecule has 0 saturated carbocycles. The van der Waals surface area contributed by atoms with E-state index in [-0.39, 0.29) is 36.3 Å². The molecule has 0 radical (unpaired) electrons. The van der Waals surface area contributed by atoms with Crippen molar-refractivity contribution in [3.05, 3.63) is 77.0 Å². The first-order valence-corrected chi connectivity index (χ1v) is 12.1. The standard InChI is InChI=1S/C27H28F2N4O2/c1-18-10-13-32(14-11-18)27-30-23-12-15-33(25(34)16-19-6-8-20(28)9-7-19)17-21(23)26(31-27)35-24-5-3-2-4-22(24)29/h2-9,18H,10-17H2,1H3. The number of carbonyl (C=O) groups is 1. The van der Waals surface area contributed by atoms with E-state index in [0.717, 1.165) is 37.2 Å². The topological polar surface area (TPSA) is 58.6 Å². The van der Waals surface area contributed by atoms with Gasteiger partial charge < -0.3 is 14.5 Å². The highest BCUT2D eigenvalue weighted by atomic mass is 19.1. The van der Waals surface area contributed by atoms with Crippen molar-refractivity contribution in [1.82, 2.24) is 14.9 Å². The molecule has 5 rings (SSSR count). The Morgan fingerprint density at radius 2 is 1.77 bits per heavy atom. The van der Waals surface area contributed by atoms with Crippen molar-refractivity contribution in [2.24, 2.45) is 5.92 Å². The van der Waals surface area contributed by atoms with Crippen LogP contribution in [0.3, 0.4) is 0 Å². The summed E-state index contributed by atoms with van der Waals surface area (Å²) in [5.41, 5.74) is 2.27. The second kappa shape index (κ2) is 9.98. The number of hydrogen-bond donors (Lipinski definition) is 0. The molecular weight excluding hydrogens is 450 g/mol. The van der Waals surface area contributed by atoms with Gasteiger partial charge in [0.25, 0.3) is 0 Å². The predicted molar refractivity (Wildman–Crippen MR) is 128 cm³/mol. The number of para-hydroxylation sites is 1.